The van der Waals surface area contributed by atoms with Crippen LogP contribution < -0.4 is 10.2 Å². The molecular formula is C17H22N4O2. The molecule has 0 aliphatic heterocycles. The smallest absolute Gasteiger partial charge is 0.339 e. The summed E-state index contributed by atoms with van der Waals surface area (Å²) in [5.74, 6) is 0.887. The average molecular weight is 314 g/mol. The van der Waals surface area contributed by atoms with Crippen LogP contribution in [0.5, 0.6) is 0 Å². The molecule has 0 aliphatic rings. The van der Waals surface area contributed by atoms with E-state index in [4.69, 9.17) is 4.74 Å². The Kier molecular flexibility index (Phi) is 5.91. The van der Waals surface area contributed by atoms with Gasteiger partial charge in [-0.2, -0.15) is 4.98 Å². The predicted octanol–water partition coefficient (Wildman–Crippen LogP) is 3.24. The Morgan fingerprint density at radius 3 is 2.83 bits per heavy atom. The molecule has 0 fully saturated rings. The van der Waals surface area contributed by atoms with Crippen LogP contribution >= 0.6 is 0 Å². The molecule has 0 saturated heterocycles. The van der Waals surface area contributed by atoms with Gasteiger partial charge in [0.1, 0.15) is 5.82 Å². The molecule has 23 heavy (non-hydrogen) atoms. The zero-order valence-electron chi connectivity index (χ0n) is 13.7. The van der Waals surface area contributed by atoms with Crippen LogP contribution in [-0.2, 0) is 4.74 Å². The van der Waals surface area contributed by atoms with Crippen LogP contribution in [0.1, 0.15) is 30.1 Å². The van der Waals surface area contributed by atoms with Crippen molar-refractivity contribution in [2.45, 2.75) is 19.8 Å². The summed E-state index contributed by atoms with van der Waals surface area (Å²) in [5, 5.41) is 3.09. The van der Waals surface area contributed by atoms with Crippen molar-refractivity contribution in [1.29, 1.82) is 0 Å². The first kappa shape index (κ1) is 16.7. The number of nitrogens with one attached hydrogen (secondary N) is 1. The molecule has 0 radical (unpaired) electrons. The van der Waals surface area contributed by atoms with E-state index in [9.17, 15) is 4.79 Å². The highest BCUT2D eigenvalue weighted by Crippen LogP contribution is 2.20. The molecule has 1 N–H and O–H groups in total. The van der Waals surface area contributed by atoms with Gasteiger partial charge in [0.2, 0.25) is 5.95 Å². The Morgan fingerprint density at radius 2 is 2.09 bits per heavy atom. The van der Waals surface area contributed by atoms with Gasteiger partial charge in [0.25, 0.3) is 0 Å². The van der Waals surface area contributed by atoms with Gasteiger partial charge in [-0.1, -0.05) is 25.5 Å². The van der Waals surface area contributed by atoms with E-state index in [2.05, 4.69) is 27.1 Å². The second-order valence-electron chi connectivity index (χ2n) is 5.18. The van der Waals surface area contributed by atoms with Gasteiger partial charge in [0.15, 0.2) is 0 Å². The number of unbranched alkanes of at least 4 members (excludes halogenated alkanes) is 1. The Balaban J connectivity index is 2.20. The minimum atomic E-state index is -0.399. The maximum absolute atomic E-state index is 11.8. The summed E-state index contributed by atoms with van der Waals surface area (Å²) in [5.41, 5.74) is 1.07. The van der Waals surface area contributed by atoms with Crippen LogP contribution in [0.3, 0.4) is 0 Å². The fourth-order valence-corrected chi connectivity index (χ4v) is 2.13. The van der Waals surface area contributed by atoms with Crippen LogP contribution in [0.2, 0.25) is 0 Å². The van der Waals surface area contributed by atoms with Crippen molar-refractivity contribution in [3.63, 3.8) is 0 Å². The van der Waals surface area contributed by atoms with E-state index >= 15 is 0 Å². The molecule has 0 bridgehead atoms. The highest BCUT2D eigenvalue weighted by molar-refractivity contribution is 5.96. The molecule has 0 aliphatic carbocycles. The van der Waals surface area contributed by atoms with Gasteiger partial charge in [0, 0.05) is 19.8 Å². The number of anilines is 3. The third-order valence-electron chi connectivity index (χ3n) is 3.46. The van der Waals surface area contributed by atoms with Gasteiger partial charge >= 0.3 is 5.97 Å². The van der Waals surface area contributed by atoms with Crippen LogP contribution in [-0.4, -0.2) is 36.6 Å². The number of para-hydroxylation sites is 1. The molecule has 6 nitrogen and oxygen atoms in total. The quantitative estimate of drug-likeness (QED) is 0.791. The molecule has 0 saturated carbocycles. The van der Waals surface area contributed by atoms with E-state index < -0.39 is 5.97 Å². The number of rotatable bonds is 7. The lowest BCUT2D eigenvalue weighted by Gasteiger charge is -2.18. The molecule has 122 valence electrons. The average Bonchev–Trinajstić information content (AvgIpc) is 2.59. The lowest BCUT2D eigenvalue weighted by molar-refractivity contribution is 0.0602. The number of esters is 1. The minimum Gasteiger partial charge on any atom is -0.465 e. The number of benzene rings is 1. The van der Waals surface area contributed by atoms with Crippen molar-refractivity contribution in [3.8, 4) is 0 Å². The van der Waals surface area contributed by atoms with Crippen LogP contribution in [0.25, 0.3) is 0 Å². The van der Waals surface area contributed by atoms with E-state index in [-0.39, 0.29) is 0 Å². The van der Waals surface area contributed by atoms with Crippen molar-refractivity contribution in [2.24, 2.45) is 0 Å². The molecular weight excluding hydrogens is 292 g/mol. The summed E-state index contributed by atoms with van der Waals surface area (Å²) < 4.78 is 4.79. The highest BCUT2D eigenvalue weighted by Gasteiger charge is 2.12. The Hall–Kier alpha value is -2.63. The van der Waals surface area contributed by atoms with E-state index in [0.29, 0.717) is 17.2 Å². The second kappa shape index (κ2) is 8.12. The number of carbonyl (C=O) groups excluding carboxylic acids is 1. The summed E-state index contributed by atoms with van der Waals surface area (Å²) in [6, 6.07) is 8.99. The Labute approximate surface area is 136 Å². The van der Waals surface area contributed by atoms with Crippen LogP contribution in [0.15, 0.2) is 36.5 Å². The number of hydrogen-bond acceptors (Lipinski definition) is 6. The van der Waals surface area contributed by atoms with Crippen LogP contribution in [0, 0.1) is 0 Å². The van der Waals surface area contributed by atoms with Crippen molar-refractivity contribution in [2.75, 3.05) is 30.9 Å². The highest BCUT2D eigenvalue weighted by atomic mass is 16.5. The fraction of sp³-hybridized carbons (Fsp3) is 0.353. The Bertz CT molecular complexity index is 661. The van der Waals surface area contributed by atoms with Crippen LogP contribution in [0.4, 0.5) is 17.5 Å². The summed E-state index contributed by atoms with van der Waals surface area (Å²) in [6.07, 6.45) is 3.94. The van der Waals surface area contributed by atoms with Gasteiger partial charge < -0.3 is 15.0 Å². The maximum Gasteiger partial charge on any atom is 0.339 e. The largest absolute Gasteiger partial charge is 0.465 e. The molecule has 1 aromatic heterocycles. The molecule has 1 heterocycles. The fourth-order valence-electron chi connectivity index (χ4n) is 2.13. The van der Waals surface area contributed by atoms with E-state index in [1.807, 2.05) is 19.2 Å². The van der Waals surface area contributed by atoms with Gasteiger partial charge in [-0.05, 0) is 24.6 Å². The third-order valence-corrected chi connectivity index (χ3v) is 3.46. The lowest BCUT2D eigenvalue weighted by atomic mass is 10.2. The molecule has 2 aromatic rings. The summed E-state index contributed by atoms with van der Waals surface area (Å²) in [6.45, 7) is 3.09. The standard InChI is InChI=1S/C17H22N4O2/c1-4-5-12-21(2)15-10-11-18-17(20-15)19-14-9-7-6-8-13(14)16(22)23-3/h6-11H,4-5,12H2,1-3H3,(H,18,19,20). The summed E-state index contributed by atoms with van der Waals surface area (Å²) >= 11 is 0. The molecule has 2 rings (SSSR count). The normalized spacial score (nSPS) is 10.2. The molecule has 0 unspecified atom stereocenters. The number of carbonyl (C=O) groups is 1. The van der Waals surface area contributed by atoms with Gasteiger partial charge in [-0.3, -0.25) is 0 Å². The van der Waals surface area contributed by atoms with E-state index in [1.165, 1.54) is 7.11 Å². The van der Waals surface area contributed by atoms with E-state index in [0.717, 1.165) is 25.2 Å². The Morgan fingerprint density at radius 1 is 1.30 bits per heavy atom. The minimum absolute atomic E-state index is 0.399. The first-order valence-electron chi connectivity index (χ1n) is 7.64. The van der Waals surface area contributed by atoms with E-state index in [1.54, 1.807) is 24.4 Å². The second-order valence-corrected chi connectivity index (χ2v) is 5.18. The number of nitrogens with zero attached hydrogens (tertiary/aromatic N) is 3. The molecule has 0 amide bonds. The van der Waals surface area contributed by atoms with Crippen molar-refractivity contribution in [1.82, 2.24) is 9.97 Å². The third kappa shape index (κ3) is 4.42. The monoisotopic (exact) mass is 314 g/mol. The lowest BCUT2D eigenvalue weighted by Crippen LogP contribution is -2.20. The molecule has 1 aromatic carbocycles. The van der Waals surface area contributed by atoms with Crippen molar-refractivity contribution in [3.05, 3.63) is 42.1 Å². The number of methoxy groups -OCH3 is 1. The topological polar surface area (TPSA) is 67.4 Å². The summed E-state index contributed by atoms with van der Waals surface area (Å²) in [7, 11) is 3.36. The first-order valence-corrected chi connectivity index (χ1v) is 7.64. The zero-order chi connectivity index (χ0) is 16.7. The molecule has 6 heteroatoms. The SMILES string of the molecule is CCCCN(C)c1ccnc(Nc2ccccc2C(=O)OC)n1. The maximum atomic E-state index is 11.8. The first-order chi connectivity index (χ1) is 11.2. The zero-order valence-corrected chi connectivity index (χ0v) is 13.7. The number of aromatic nitrogens is 2. The number of ether oxygens (including phenoxy) is 1. The number of hydrogen-bond donors (Lipinski definition) is 1. The summed E-state index contributed by atoms with van der Waals surface area (Å²) in [4.78, 5) is 22.6. The predicted molar refractivity (Wildman–Crippen MR) is 91.3 cm³/mol. The van der Waals surface area contributed by atoms with Gasteiger partial charge in [-0.15, -0.1) is 0 Å². The van der Waals surface area contributed by atoms with Crippen molar-refractivity contribution >= 4 is 23.4 Å². The van der Waals surface area contributed by atoms with Gasteiger partial charge in [0.05, 0.1) is 18.4 Å². The molecule has 0 atom stereocenters. The molecule has 0 spiro atoms. The van der Waals surface area contributed by atoms with Gasteiger partial charge in [-0.25, -0.2) is 9.78 Å². The van der Waals surface area contributed by atoms with Crippen molar-refractivity contribution < 1.29 is 9.53 Å².